The molecule has 0 aromatic heterocycles. The molecule has 2 aromatic rings. The molecule has 0 saturated heterocycles. The van der Waals surface area contributed by atoms with Crippen LogP contribution < -0.4 is 10.5 Å². The molecule has 1 amide bonds. The van der Waals surface area contributed by atoms with Crippen molar-refractivity contribution in [2.24, 2.45) is 5.73 Å². The molecule has 0 saturated carbocycles. The van der Waals surface area contributed by atoms with Gasteiger partial charge in [-0.3, -0.25) is 4.79 Å². The minimum atomic E-state index is -1.72. The molecule has 0 fully saturated rings. The molecular formula is C18H21NO3. The van der Waals surface area contributed by atoms with Crippen molar-refractivity contribution in [3.8, 4) is 5.75 Å². The summed E-state index contributed by atoms with van der Waals surface area (Å²) in [6.45, 7) is 5.62. The van der Waals surface area contributed by atoms with Gasteiger partial charge in [-0.25, -0.2) is 0 Å². The Morgan fingerprint density at radius 1 is 1.23 bits per heavy atom. The monoisotopic (exact) mass is 299 g/mol. The maximum absolute atomic E-state index is 11.5. The van der Waals surface area contributed by atoms with Gasteiger partial charge in [0.25, 0.3) is 5.91 Å². The fourth-order valence-electron chi connectivity index (χ4n) is 2.27. The number of hydrogen-bond acceptors (Lipinski definition) is 3. The van der Waals surface area contributed by atoms with Crippen molar-refractivity contribution in [1.29, 1.82) is 0 Å². The van der Waals surface area contributed by atoms with Crippen LogP contribution in [0, 0.1) is 13.8 Å². The zero-order chi connectivity index (χ0) is 16.3. The van der Waals surface area contributed by atoms with Crippen LogP contribution in [0.3, 0.4) is 0 Å². The molecule has 22 heavy (non-hydrogen) atoms. The minimum Gasteiger partial charge on any atom is -0.489 e. The number of amides is 1. The van der Waals surface area contributed by atoms with E-state index >= 15 is 0 Å². The zero-order valence-electron chi connectivity index (χ0n) is 13.1. The van der Waals surface area contributed by atoms with Gasteiger partial charge in [0.05, 0.1) is 0 Å². The highest BCUT2D eigenvalue weighted by Crippen LogP contribution is 2.26. The molecule has 0 heterocycles. The molecule has 2 rings (SSSR count). The number of nitrogens with two attached hydrogens (primary N) is 1. The number of benzene rings is 2. The summed E-state index contributed by atoms with van der Waals surface area (Å²) in [7, 11) is 0. The van der Waals surface area contributed by atoms with Gasteiger partial charge in [-0.05, 0) is 49.1 Å². The average molecular weight is 299 g/mol. The topological polar surface area (TPSA) is 72.6 Å². The Labute approximate surface area is 130 Å². The lowest BCUT2D eigenvalue weighted by Crippen LogP contribution is -2.39. The number of rotatable bonds is 5. The normalized spacial score (nSPS) is 13.5. The molecular weight excluding hydrogens is 278 g/mol. The molecule has 0 radical (unpaired) electrons. The van der Waals surface area contributed by atoms with Crippen LogP contribution in [0.1, 0.15) is 29.2 Å². The van der Waals surface area contributed by atoms with Gasteiger partial charge in [-0.2, -0.15) is 0 Å². The van der Waals surface area contributed by atoms with E-state index in [-0.39, 0.29) is 6.61 Å². The number of carbonyl (C=O) groups excluding carboxylic acids is 1. The Kier molecular flexibility index (Phi) is 4.52. The molecule has 3 N–H and O–H groups in total. The van der Waals surface area contributed by atoms with Gasteiger partial charge in [0, 0.05) is 0 Å². The molecule has 4 heteroatoms. The molecule has 116 valence electrons. The predicted octanol–water partition coefficient (Wildman–Crippen LogP) is 2.58. The van der Waals surface area contributed by atoms with Crippen molar-refractivity contribution >= 4 is 5.91 Å². The van der Waals surface area contributed by atoms with Crippen molar-refractivity contribution in [1.82, 2.24) is 0 Å². The van der Waals surface area contributed by atoms with Crippen LogP contribution in [0.5, 0.6) is 5.75 Å². The van der Waals surface area contributed by atoms with Crippen molar-refractivity contribution in [2.75, 3.05) is 0 Å². The average Bonchev–Trinajstić information content (AvgIpc) is 2.48. The highest BCUT2D eigenvalue weighted by molar-refractivity contribution is 5.84. The third-order valence-corrected chi connectivity index (χ3v) is 3.75. The maximum atomic E-state index is 11.5. The van der Waals surface area contributed by atoms with Crippen LogP contribution in [-0.2, 0) is 17.0 Å². The van der Waals surface area contributed by atoms with Crippen molar-refractivity contribution < 1.29 is 14.6 Å². The molecule has 1 atom stereocenters. The third kappa shape index (κ3) is 3.28. The number of carbonyl (C=O) groups is 1. The summed E-state index contributed by atoms with van der Waals surface area (Å²) in [5.41, 5.74) is 6.91. The molecule has 0 aliphatic carbocycles. The summed E-state index contributed by atoms with van der Waals surface area (Å²) in [6, 6.07) is 13.1. The first-order valence-corrected chi connectivity index (χ1v) is 7.13. The van der Waals surface area contributed by atoms with E-state index in [1.165, 1.54) is 6.92 Å². The van der Waals surface area contributed by atoms with Crippen LogP contribution in [0.2, 0.25) is 0 Å². The lowest BCUT2D eigenvalue weighted by atomic mass is 9.91. The molecule has 0 aliphatic rings. The quantitative estimate of drug-likeness (QED) is 0.891. The second-order valence-corrected chi connectivity index (χ2v) is 5.65. The van der Waals surface area contributed by atoms with Gasteiger partial charge < -0.3 is 15.6 Å². The van der Waals surface area contributed by atoms with E-state index in [0.29, 0.717) is 5.56 Å². The Hall–Kier alpha value is -2.33. The van der Waals surface area contributed by atoms with E-state index in [1.807, 2.05) is 44.2 Å². The fraction of sp³-hybridized carbons (Fsp3) is 0.278. The van der Waals surface area contributed by atoms with Gasteiger partial charge >= 0.3 is 0 Å². The van der Waals surface area contributed by atoms with E-state index in [1.54, 1.807) is 12.1 Å². The molecule has 0 aliphatic heterocycles. The van der Waals surface area contributed by atoms with E-state index in [2.05, 4.69) is 0 Å². The van der Waals surface area contributed by atoms with Gasteiger partial charge in [-0.1, -0.05) is 36.4 Å². The minimum absolute atomic E-state index is 0.254. The smallest absolute Gasteiger partial charge is 0.253 e. The van der Waals surface area contributed by atoms with Crippen LogP contribution in [0.15, 0.2) is 42.5 Å². The first-order valence-electron chi connectivity index (χ1n) is 7.13. The number of aryl methyl sites for hydroxylation is 2. The third-order valence-electron chi connectivity index (χ3n) is 3.75. The van der Waals surface area contributed by atoms with Gasteiger partial charge in [-0.15, -0.1) is 0 Å². The van der Waals surface area contributed by atoms with Crippen LogP contribution in [0.25, 0.3) is 0 Å². The van der Waals surface area contributed by atoms with Crippen molar-refractivity contribution in [3.05, 3.63) is 64.7 Å². The lowest BCUT2D eigenvalue weighted by Gasteiger charge is -2.23. The van der Waals surface area contributed by atoms with Crippen molar-refractivity contribution in [2.45, 2.75) is 33.0 Å². The Morgan fingerprint density at radius 3 is 2.59 bits per heavy atom. The largest absolute Gasteiger partial charge is 0.489 e. The molecule has 0 spiro atoms. The molecule has 4 nitrogen and oxygen atoms in total. The maximum Gasteiger partial charge on any atom is 0.253 e. The number of ether oxygens (including phenoxy) is 1. The van der Waals surface area contributed by atoms with Crippen LogP contribution in [0.4, 0.5) is 0 Å². The summed E-state index contributed by atoms with van der Waals surface area (Å²) >= 11 is 0. The van der Waals surface area contributed by atoms with E-state index in [0.717, 1.165) is 22.4 Å². The second-order valence-electron chi connectivity index (χ2n) is 5.65. The summed E-state index contributed by atoms with van der Waals surface area (Å²) in [6.07, 6.45) is 0. The second kappa shape index (κ2) is 6.20. The first kappa shape index (κ1) is 16.0. The number of primary amides is 1. The van der Waals surface area contributed by atoms with Gasteiger partial charge in [0.1, 0.15) is 12.4 Å². The Morgan fingerprint density at radius 2 is 1.91 bits per heavy atom. The van der Waals surface area contributed by atoms with E-state index in [4.69, 9.17) is 10.5 Å². The fourth-order valence-corrected chi connectivity index (χ4v) is 2.27. The highest BCUT2D eigenvalue weighted by atomic mass is 16.5. The van der Waals surface area contributed by atoms with E-state index < -0.39 is 11.5 Å². The lowest BCUT2D eigenvalue weighted by molar-refractivity contribution is -0.135. The zero-order valence-corrected chi connectivity index (χ0v) is 13.1. The highest BCUT2D eigenvalue weighted by Gasteiger charge is 2.32. The molecule has 2 aromatic carbocycles. The Bertz CT molecular complexity index is 692. The Balaban J connectivity index is 2.28. The first-order chi connectivity index (χ1) is 10.3. The summed E-state index contributed by atoms with van der Waals surface area (Å²) in [4.78, 5) is 11.5. The predicted molar refractivity (Wildman–Crippen MR) is 85.5 cm³/mol. The van der Waals surface area contributed by atoms with Crippen molar-refractivity contribution in [3.63, 3.8) is 0 Å². The van der Waals surface area contributed by atoms with Gasteiger partial charge in [0.15, 0.2) is 5.60 Å². The van der Waals surface area contributed by atoms with E-state index in [9.17, 15) is 9.90 Å². The summed E-state index contributed by atoms with van der Waals surface area (Å²) < 4.78 is 5.86. The standard InChI is InChI=1S/C18H21NO3/c1-12-8-9-13(2)16(10-12)22-11-14-6-4-5-7-15(14)18(3,21)17(19)20/h4-10,21H,11H2,1-3H3,(H2,19,20). The van der Waals surface area contributed by atoms with Crippen LogP contribution >= 0.6 is 0 Å². The summed E-state index contributed by atoms with van der Waals surface area (Å²) in [5, 5.41) is 10.3. The number of hydrogen-bond donors (Lipinski definition) is 2. The molecule has 1 unspecified atom stereocenters. The SMILES string of the molecule is Cc1ccc(C)c(OCc2ccccc2C(C)(O)C(N)=O)c1. The summed E-state index contributed by atoms with van der Waals surface area (Å²) in [5.74, 6) is 0.000192. The van der Waals surface area contributed by atoms with Crippen LogP contribution in [-0.4, -0.2) is 11.0 Å². The molecule has 0 bridgehead atoms. The number of aliphatic hydroxyl groups is 1. The van der Waals surface area contributed by atoms with Gasteiger partial charge in [0.2, 0.25) is 0 Å².